The zero-order chi connectivity index (χ0) is 17.0. The maximum absolute atomic E-state index is 12.1. The molecule has 0 aliphatic rings. The summed E-state index contributed by atoms with van der Waals surface area (Å²) < 4.78 is 46.2. The quantitative estimate of drug-likeness (QED) is 0.814. The molecule has 2 aromatic rings. The zero-order valence-corrected chi connectivity index (χ0v) is 12.3. The third-order valence-corrected chi connectivity index (χ3v) is 2.64. The second-order valence-electron chi connectivity index (χ2n) is 4.90. The average Bonchev–Trinajstić information content (AvgIpc) is 2.79. The van der Waals surface area contributed by atoms with E-state index in [0.717, 1.165) is 10.7 Å². The van der Waals surface area contributed by atoms with Crippen LogP contribution >= 0.6 is 0 Å². The summed E-state index contributed by atoms with van der Waals surface area (Å²) >= 11 is 0. The first kappa shape index (κ1) is 16.7. The molecule has 0 aliphatic carbocycles. The number of benzene rings is 1. The summed E-state index contributed by atoms with van der Waals surface area (Å²) in [4.78, 5) is 11.5. The molecule has 1 aromatic heterocycles. The molecule has 0 atom stereocenters. The molecule has 0 amide bonds. The van der Waals surface area contributed by atoms with Crippen molar-refractivity contribution in [1.29, 1.82) is 0 Å². The van der Waals surface area contributed by atoms with Crippen LogP contribution in [0.15, 0.2) is 33.5 Å². The third kappa shape index (κ3) is 4.92. The van der Waals surface area contributed by atoms with Gasteiger partial charge in [0.1, 0.15) is 12.3 Å². The predicted molar refractivity (Wildman–Crippen MR) is 74.9 cm³/mol. The SMILES string of the molecule is CC(C)c1nn(CC#Cc2cccc(OC(F)(F)F)c2)c(=O)o1. The van der Waals surface area contributed by atoms with E-state index in [1.54, 1.807) is 0 Å². The molecule has 122 valence electrons. The van der Waals surface area contributed by atoms with Gasteiger partial charge in [0.2, 0.25) is 5.89 Å². The Morgan fingerprint density at radius 1 is 1.39 bits per heavy atom. The summed E-state index contributed by atoms with van der Waals surface area (Å²) in [5, 5.41) is 3.97. The summed E-state index contributed by atoms with van der Waals surface area (Å²) in [5.41, 5.74) is 0.326. The lowest BCUT2D eigenvalue weighted by Crippen LogP contribution is -2.17. The van der Waals surface area contributed by atoms with Crippen LogP contribution in [0.4, 0.5) is 13.2 Å². The molecule has 0 radical (unpaired) electrons. The fourth-order valence-electron chi connectivity index (χ4n) is 1.64. The second kappa shape index (κ2) is 6.60. The molecule has 0 saturated carbocycles. The molecule has 0 saturated heterocycles. The Balaban J connectivity index is 2.11. The van der Waals surface area contributed by atoms with Crippen molar-refractivity contribution in [2.24, 2.45) is 0 Å². The van der Waals surface area contributed by atoms with Gasteiger partial charge >= 0.3 is 12.1 Å². The van der Waals surface area contributed by atoms with Crippen molar-refractivity contribution in [3.8, 4) is 17.6 Å². The van der Waals surface area contributed by atoms with E-state index in [2.05, 4.69) is 21.7 Å². The van der Waals surface area contributed by atoms with E-state index in [-0.39, 0.29) is 18.2 Å². The van der Waals surface area contributed by atoms with Crippen molar-refractivity contribution in [3.05, 3.63) is 46.3 Å². The summed E-state index contributed by atoms with van der Waals surface area (Å²) in [6.07, 6.45) is -4.76. The second-order valence-corrected chi connectivity index (χ2v) is 4.90. The lowest BCUT2D eigenvalue weighted by molar-refractivity contribution is -0.274. The first-order chi connectivity index (χ1) is 10.7. The van der Waals surface area contributed by atoms with Crippen LogP contribution < -0.4 is 10.5 Å². The predicted octanol–water partition coefficient (Wildman–Crippen LogP) is 2.91. The van der Waals surface area contributed by atoms with Crippen LogP contribution in [-0.4, -0.2) is 16.1 Å². The number of halogens is 3. The number of nitrogens with zero attached hydrogens (tertiary/aromatic N) is 2. The van der Waals surface area contributed by atoms with Gasteiger partial charge in [0.25, 0.3) is 0 Å². The van der Waals surface area contributed by atoms with Crippen LogP contribution in [0, 0.1) is 11.8 Å². The summed E-state index contributed by atoms with van der Waals surface area (Å²) in [6, 6.07) is 5.26. The number of alkyl halides is 3. The van der Waals surface area contributed by atoms with Crippen molar-refractivity contribution >= 4 is 0 Å². The molecule has 0 fully saturated rings. The topological polar surface area (TPSA) is 57.3 Å². The summed E-state index contributed by atoms with van der Waals surface area (Å²) in [7, 11) is 0. The molecular weight excluding hydrogens is 313 g/mol. The monoisotopic (exact) mass is 326 g/mol. The molecule has 0 N–H and O–H groups in total. The molecular formula is C15H13F3N2O3. The highest BCUT2D eigenvalue weighted by Crippen LogP contribution is 2.22. The third-order valence-electron chi connectivity index (χ3n) is 2.64. The number of rotatable bonds is 3. The van der Waals surface area contributed by atoms with E-state index in [0.29, 0.717) is 11.5 Å². The van der Waals surface area contributed by atoms with Gasteiger partial charge in [-0.2, -0.15) is 4.68 Å². The Morgan fingerprint density at radius 2 is 2.13 bits per heavy atom. The lowest BCUT2D eigenvalue weighted by atomic mass is 10.2. The van der Waals surface area contributed by atoms with Gasteiger partial charge in [0.15, 0.2) is 0 Å². The van der Waals surface area contributed by atoms with E-state index in [1.807, 2.05) is 13.8 Å². The number of hydrogen-bond acceptors (Lipinski definition) is 4. The van der Waals surface area contributed by atoms with Gasteiger partial charge in [0.05, 0.1) is 0 Å². The van der Waals surface area contributed by atoms with E-state index >= 15 is 0 Å². The number of aromatic nitrogens is 2. The maximum Gasteiger partial charge on any atom is 0.573 e. The number of hydrogen-bond donors (Lipinski definition) is 0. The first-order valence-electron chi connectivity index (χ1n) is 6.67. The smallest absolute Gasteiger partial charge is 0.406 e. The Hall–Kier alpha value is -2.69. The number of ether oxygens (including phenoxy) is 1. The minimum absolute atomic E-state index is 0.0284. The highest BCUT2D eigenvalue weighted by Gasteiger charge is 2.31. The molecule has 0 spiro atoms. The molecule has 0 aliphatic heterocycles. The van der Waals surface area contributed by atoms with Gasteiger partial charge in [-0.25, -0.2) is 4.79 Å². The first-order valence-corrected chi connectivity index (χ1v) is 6.67. The van der Waals surface area contributed by atoms with Gasteiger partial charge in [-0.1, -0.05) is 31.8 Å². The summed E-state index contributed by atoms with van der Waals surface area (Å²) in [5.74, 6) is 4.59. The Morgan fingerprint density at radius 3 is 2.74 bits per heavy atom. The fourth-order valence-corrected chi connectivity index (χ4v) is 1.64. The van der Waals surface area contributed by atoms with Gasteiger partial charge in [-0.05, 0) is 18.2 Å². The Labute approximate surface area is 129 Å². The van der Waals surface area contributed by atoms with Crippen LogP contribution in [0.5, 0.6) is 5.75 Å². The van der Waals surface area contributed by atoms with E-state index in [4.69, 9.17) is 4.42 Å². The molecule has 1 heterocycles. The van der Waals surface area contributed by atoms with E-state index in [1.165, 1.54) is 18.2 Å². The van der Waals surface area contributed by atoms with Crippen molar-refractivity contribution in [2.75, 3.05) is 0 Å². The van der Waals surface area contributed by atoms with Gasteiger partial charge in [0, 0.05) is 11.5 Å². The highest BCUT2D eigenvalue weighted by atomic mass is 19.4. The lowest BCUT2D eigenvalue weighted by Gasteiger charge is -2.08. The van der Waals surface area contributed by atoms with E-state index in [9.17, 15) is 18.0 Å². The van der Waals surface area contributed by atoms with Crippen molar-refractivity contribution in [3.63, 3.8) is 0 Å². The largest absolute Gasteiger partial charge is 0.573 e. The molecule has 1 aromatic carbocycles. The van der Waals surface area contributed by atoms with Crippen molar-refractivity contribution in [2.45, 2.75) is 32.7 Å². The molecule has 8 heteroatoms. The van der Waals surface area contributed by atoms with Crippen LogP contribution in [0.25, 0.3) is 0 Å². The minimum Gasteiger partial charge on any atom is -0.406 e. The standard InChI is InChI=1S/C15H13F3N2O3/c1-10(2)13-19-20(14(21)22-13)8-4-6-11-5-3-7-12(9-11)23-15(16,17)18/h3,5,7,9-10H,8H2,1-2H3. The molecule has 23 heavy (non-hydrogen) atoms. The normalized spacial score (nSPS) is 11.2. The highest BCUT2D eigenvalue weighted by molar-refractivity contribution is 5.39. The van der Waals surface area contributed by atoms with Crippen LogP contribution in [-0.2, 0) is 6.54 Å². The zero-order valence-electron chi connectivity index (χ0n) is 12.3. The average molecular weight is 326 g/mol. The molecule has 2 rings (SSSR count). The molecule has 5 nitrogen and oxygen atoms in total. The minimum atomic E-state index is -4.76. The summed E-state index contributed by atoms with van der Waals surface area (Å²) in [6.45, 7) is 3.63. The fraction of sp³-hybridized carbons (Fsp3) is 0.333. The van der Waals surface area contributed by atoms with Crippen LogP contribution in [0.2, 0.25) is 0 Å². The van der Waals surface area contributed by atoms with Crippen molar-refractivity contribution in [1.82, 2.24) is 9.78 Å². The van der Waals surface area contributed by atoms with Gasteiger partial charge < -0.3 is 9.15 Å². The van der Waals surface area contributed by atoms with Gasteiger partial charge in [-0.15, -0.1) is 18.3 Å². The molecule has 0 bridgehead atoms. The Kier molecular flexibility index (Phi) is 4.79. The van der Waals surface area contributed by atoms with Crippen LogP contribution in [0.3, 0.4) is 0 Å². The van der Waals surface area contributed by atoms with Gasteiger partial charge in [-0.3, -0.25) is 0 Å². The molecule has 0 unspecified atom stereocenters. The maximum atomic E-state index is 12.1. The van der Waals surface area contributed by atoms with Crippen LogP contribution in [0.1, 0.15) is 31.2 Å². The van der Waals surface area contributed by atoms with Crippen molar-refractivity contribution < 1.29 is 22.3 Å². The van der Waals surface area contributed by atoms with E-state index < -0.39 is 12.1 Å². The Bertz CT molecular complexity index is 795.